The Balaban J connectivity index is 1.34. The summed E-state index contributed by atoms with van der Waals surface area (Å²) in [5, 5.41) is 2.54. The Morgan fingerprint density at radius 1 is 0.977 bits per heavy atom. The van der Waals surface area contributed by atoms with Crippen molar-refractivity contribution in [1.29, 1.82) is 0 Å². The van der Waals surface area contributed by atoms with Crippen LogP contribution in [0.5, 0.6) is 0 Å². The Morgan fingerprint density at radius 2 is 1.66 bits per heavy atom. The number of anilines is 1. The fraction of sp³-hybridized carbons (Fsp3) is 0.467. The van der Waals surface area contributed by atoms with Crippen LogP contribution < -0.4 is 14.9 Å². The summed E-state index contributed by atoms with van der Waals surface area (Å²) >= 11 is 0. The third-order valence-electron chi connectivity index (χ3n) is 7.23. The fourth-order valence-corrected chi connectivity index (χ4v) is 6.15. The molecule has 1 atom stereocenters. The van der Waals surface area contributed by atoms with Crippen LogP contribution in [0.1, 0.15) is 36.7 Å². The Labute approximate surface area is 257 Å². The van der Waals surface area contributed by atoms with Crippen molar-refractivity contribution in [1.82, 2.24) is 19.8 Å². The molecule has 14 heteroatoms. The first kappa shape index (κ1) is 32.7. The number of nitrogens with zero attached hydrogens (tertiary/aromatic N) is 3. The summed E-state index contributed by atoms with van der Waals surface area (Å²) in [5.41, 5.74) is 1.65. The average molecular weight is 630 g/mol. The van der Waals surface area contributed by atoms with Gasteiger partial charge in [0.15, 0.2) is 0 Å². The van der Waals surface area contributed by atoms with Gasteiger partial charge in [0.05, 0.1) is 18.6 Å². The molecule has 2 N–H and O–H groups in total. The normalized spacial score (nSPS) is 16.2. The number of carbonyl (C=O) groups excluding carboxylic acids is 4. The molecule has 2 heterocycles. The molecule has 238 valence electrons. The number of amides is 3. The van der Waals surface area contributed by atoms with E-state index in [1.165, 1.54) is 17.0 Å². The maximum atomic E-state index is 13.4. The largest absolute Gasteiger partial charge is 0.468 e. The van der Waals surface area contributed by atoms with Crippen LogP contribution in [0.3, 0.4) is 0 Å². The van der Waals surface area contributed by atoms with E-state index in [1.54, 1.807) is 23.1 Å². The van der Waals surface area contributed by atoms with Gasteiger partial charge in [-0.25, -0.2) is 13.2 Å². The number of rotatable bonds is 9. The molecule has 0 aromatic heterocycles. The molecule has 3 amide bonds. The van der Waals surface area contributed by atoms with Crippen LogP contribution in [0, 0.1) is 0 Å². The Bertz CT molecular complexity index is 1480. The predicted octanol–water partition coefficient (Wildman–Crippen LogP) is 1.38. The standard InChI is InChI=1S/C30H39N5O8S/c1-30(2,3)43-29(39)34-16-14-33(15-17-34)22-11-10-21-12-13-35(27(37)24(21)18-22)20-26(36)31-19-25(28(38)42-4)32-44(40,41)23-8-6-5-7-9-23/h5-11,18,25,32H,12-17,19-20H2,1-4H3,(H,31,36)/t25-/m1/s1. The van der Waals surface area contributed by atoms with Crippen molar-refractivity contribution < 1.29 is 37.1 Å². The van der Waals surface area contributed by atoms with Crippen molar-refractivity contribution in [3.8, 4) is 0 Å². The molecule has 44 heavy (non-hydrogen) atoms. The van der Waals surface area contributed by atoms with Crippen LogP contribution in [-0.4, -0.2) is 107 Å². The zero-order valence-electron chi connectivity index (χ0n) is 25.4. The van der Waals surface area contributed by atoms with Crippen LogP contribution in [0.15, 0.2) is 53.4 Å². The molecule has 2 aromatic rings. The van der Waals surface area contributed by atoms with Crippen molar-refractivity contribution in [2.45, 2.75) is 43.7 Å². The summed E-state index contributed by atoms with van der Waals surface area (Å²) in [6.45, 7) is 7.30. The van der Waals surface area contributed by atoms with Crippen molar-refractivity contribution in [2.24, 2.45) is 0 Å². The van der Waals surface area contributed by atoms with Crippen LogP contribution in [0.4, 0.5) is 10.5 Å². The van der Waals surface area contributed by atoms with Crippen molar-refractivity contribution >= 4 is 39.6 Å². The molecule has 0 unspecified atom stereocenters. The van der Waals surface area contributed by atoms with E-state index in [-0.39, 0.29) is 30.0 Å². The van der Waals surface area contributed by atoms with Crippen LogP contribution in [-0.2, 0) is 35.5 Å². The number of piperazine rings is 1. The van der Waals surface area contributed by atoms with Crippen molar-refractivity contribution in [3.63, 3.8) is 0 Å². The SMILES string of the molecule is COC(=O)[C@@H](CNC(=O)CN1CCc2ccc(N3CCN(C(=O)OC(C)(C)C)CC3)cc2C1=O)NS(=O)(=O)c1ccccc1. The first-order valence-corrected chi connectivity index (χ1v) is 15.8. The zero-order chi connectivity index (χ0) is 32.1. The van der Waals surface area contributed by atoms with E-state index in [9.17, 15) is 27.6 Å². The quantitative estimate of drug-likeness (QED) is 0.392. The molecule has 4 rings (SSSR count). The molecule has 2 aromatic carbocycles. The van der Waals surface area contributed by atoms with Gasteiger partial charge in [-0.1, -0.05) is 24.3 Å². The van der Waals surface area contributed by atoms with E-state index in [0.29, 0.717) is 44.7 Å². The lowest BCUT2D eigenvalue weighted by Crippen LogP contribution is -2.51. The monoisotopic (exact) mass is 629 g/mol. The third kappa shape index (κ3) is 8.26. The molecule has 1 saturated heterocycles. The Morgan fingerprint density at radius 3 is 2.30 bits per heavy atom. The average Bonchev–Trinajstić information content (AvgIpc) is 2.99. The molecule has 2 aliphatic rings. The highest BCUT2D eigenvalue weighted by Gasteiger charge is 2.31. The molecule has 13 nitrogen and oxygen atoms in total. The van der Waals surface area contributed by atoms with E-state index in [0.717, 1.165) is 18.4 Å². The summed E-state index contributed by atoms with van der Waals surface area (Å²) in [4.78, 5) is 56.1. The topological polar surface area (TPSA) is 155 Å². The molecular weight excluding hydrogens is 590 g/mol. The summed E-state index contributed by atoms with van der Waals surface area (Å²) in [6, 6.07) is 11.8. The fourth-order valence-electron chi connectivity index (χ4n) is 4.95. The summed E-state index contributed by atoms with van der Waals surface area (Å²) < 4.78 is 37.9. The van der Waals surface area contributed by atoms with Gasteiger partial charge in [-0.3, -0.25) is 14.4 Å². The molecule has 2 aliphatic heterocycles. The number of methoxy groups -OCH3 is 1. The molecular formula is C30H39N5O8S. The van der Waals surface area contributed by atoms with Gasteiger partial charge in [0.25, 0.3) is 5.91 Å². The number of sulfonamides is 1. The number of nitrogens with one attached hydrogen (secondary N) is 2. The lowest BCUT2D eigenvalue weighted by atomic mass is 9.97. The van der Waals surface area contributed by atoms with Gasteiger partial charge in [-0.15, -0.1) is 0 Å². The summed E-state index contributed by atoms with van der Waals surface area (Å²) in [6.07, 6.45) is 0.209. The molecule has 0 spiro atoms. The minimum absolute atomic E-state index is 0.0397. The second kappa shape index (κ2) is 13.6. The molecule has 0 radical (unpaired) electrons. The second-order valence-corrected chi connectivity index (χ2v) is 13.3. The van der Waals surface area contributed by atoms with Gasteiger partial charge < -0.3 is 29.5 Å². The number of fused-ring (bicyclic) bond motifs is 1. The van der Waals surface area contributed by atoms with Crippen molar-refractivity contribution in [2.75, 3.05) is 57.8 Å². The van der Waals surface area contributed by atoms with Crippen LogP contribution in [0.25, 0.3) is 0 Å². The van der Waals surface area contributed by atoms with Gasteiger partial charge in [-0.2, -0.15) is 4.72 Å². The Hall–Kier alpha value is -4.17. The highest BCUT2D eigenvalue weighted by Crippen LogP contribution is 2.26. The maximum Gasteiger partial charge on any atom is 0.410 e. The smallest absolute Gasteiger partial charge is 0.410 e. The number of carbonyl (C=O) groups is 4. The number of benzene rings is 2. The van der Waals surface area contributed by atoms with E-state index < -0.39 is 33.5 Å². The van der Waals surface area contributed by atoms with Gasteiger partial charge >= 0.3 is 12.1 Å². The number of esters is 1. The number of hydrogen-bond donors (Lipinski definition) is 2. The second-order valence-electron chi connectivity index (χ2n) is 11.6. The summed E-state index contributed by atoms with van der Waals surface area (Å²) in [7, 11) is -2.94. The third-order valence-corrected chi connectivity index (χ3v) is 8.72. The first-order valence-electron chi connectivity index (χ1n) is 14.3. The lowest BCUT2D eigenvalue weighted by Gasteiger charge is -2.37. The van der Waals surface area contributed by atoms with E-state index >= 15 is 0 Å². The maximum absolute atomic E-state index is 13.4. The van der Waals surface area contributed by atoms with Crippen molar-refractivity contribution in [3.05, 3.63) is 59.7 Å². The van der Waals surface area contributed by atoms with E-state index in [4.69, 9.17) is 9.47 Å². The van der Waals surface area contributed by atoms with Crippen LogP contribution >= 0.6 is 0 Å². The highest BCUT2D eigenvalue weighted by atomic mass is 32.2. The minimum atomic E-state index is -4.06. The predicted molar refractivity (Wildman–Crippen MR) is 162 cm³/mol. The number of ether oxygens (including phenoxy) is 2. The molecule has 0 bridgehead atoms. The van der Waals surface area contributed by atoms with Gasteiger partial charge in [-0.05, 0) is 57.0 Å². The number of hydrogen-bond acceptors (Lipinski definition) is 9. The first-order chi connectivity index (χ1) is 20.8. The van der Waals surface area contributed by atoms with Crippen LogP contribution in [0.2, 0.25) is 0 Å². The Kier molecular flexibility index (Phi) is 10.1. The summed E-state index contributed by atoms with van der Waals surface area (Å²) in [5.74, 6) is -1.72. The van der Waals surface area contributed by atoms with Gasteiger partial charge in [0.2, 0.25) is 15.9 Å². The minimum Gasteiger partial charge on any atom is -0.468 e. The molecule has 0 saturated carbocycles. The molecule has 1 fully saturated rings. The van der Waals surface area contributed by atoms with Gasteiger partial charge in [0.1, 0.15) is 11.6 Å². The van der Waals surface area contributed by atoms with E-state index in [1.807, 2.05) is 39.0 Å². The van der Waals surface area contributed by atoms with Gasteiger partial charge in [0, 0.05) is 50.5 Å². The van der Waals surface area contributed by atoms with E-state index in [2.05, 4.69) is 14.9 Å². The highest BCUT2D eigenvalue weighted by molar-refractivity contribution is 7.89. The lowest BCUT2D eigenvalue weighted by molar-refractivity contribution is -0.142. The zero-order valence-corrected chi connectivity index (χ0v) is 26.2. The molecule has 0 aliphatic carbocycles.